The van der Waals surface area contributed by atoms with E-state index in [-0.39, 0.29) is 17.9 Å². The summed E-state index contributed by atoms with van der Waals surface area (Å²) in [5.74, 6) is -0.187. The molecule has 3 amide bonds. The number of benzene rings is 2. The molecule has 1 saturated heterocycles. The van der Waals surface area contributed by atoms with Gasteiger partial charge in [0.15, 0.2) is 0 Å². The SMILES string of the molecule is Cc1ccc(NC(=O)c2nnc([C@H]3CCCN(C(=O)Nc4cccc(C)c4)C3)s2)cc1. The molecule has 1 aliphatic rings. The van der Waals surface area contributed by atoms with E-state index in [4.69, 9.17) is 0 Å². The maximum Gasteiger partial charge on any atom is 0.321 e. The third kappa shape index (κ3) is 5.27. The van der Waals surface area contributed by atoms with Crippen LogP contribution in [0.25, 0.3) is 0 Å². The summed E-state index contributed by atoms with van der Waals surface area (Å²) in [6.45, 7) is 5.26. The molecule has 4 rings (SSSR count). The van der Waals surface area contributed by atoms with Crippen LogP contribution in [0.3, 0.4) is 0 Å². The smallest absolute Gasteiger partial charge is 0.321 e. The predicted molar refractivity (Wildman–Crippen MR) is 123 cm³/mol. The van der Waals surface area contributed by atoms with E-state index in [1.807, 2.05) is 67.3 Å². The summed E-state index contributed by atoms with van der Waals surface area (Å²) >= 11 is 1.30. The van der Waals surface area contributed by atoms with Crippen molar-refractivity contribution in [3.8, 4) is 0 Å². The molecule has 2 N–H and O–H groups in total. The lowest BCUT2D eigenvalue weighted by Crippen LogP contribution is -2.41. The number of hydrogen-bond donors (Lipinski definition) is 2. The molecular formula is C23H25N5O2S. The number of nitrogens with zero attached hydrogens (tertiary/aromatic N) is 3. The summed E-state index contributed by atoms with van der Waals surface area (Å²) in [7, 11) is 0. The molecule has 0 saturated carbocycles. The van der Waals surface area contributed by atoms with Gasteiger partial charge in [-0.25, -0.2) is 4.79 Å². The van der Waals surface area contributed by atoms with E-state index in [9.17, 15) is 9.59 Å². The molecule has 8 heteroatoms. The van der Waals surface area contributed by atoms with Gasteiger partial charge in [0.05, 0.1) is 0 Å². The van der Waals surface area contributed by atoms with E-state index in [0.29, 0.717) is 18.1 Å². The molecule has 0 radical (unpaired) electrons. The van der Waals surface area contributed by atoms with Crippen LogP contribution in [0, 0.1) is 13.8 Å². The second-order valence-corrected chi connectivity index (χ2v) is 8.86. The largest absolute Gasteiger partial charge is 0.324 e. The first-order valence-electron chi connectivity index (χ1n) is 10.3. The van der Waals surface area contributed by atoms with Crippen LogP contribution >= 0.6 is 11.3 Å². The minimum Gasteiger partial charge on any atom is -0.324 e. The summed E-state index contributed by atoms with van der Waals surface area (Å²) in [4.78, 5) is 27.0. The quantitative estimate of drug-likeness (QED) is 0.615. The minimum atomic E-state index is -0.266. The fraction of sp³-hybridized carbons (Fsp3) is 0.304. The number of hydrogen-bond acceptors (Lipinski definition) is 5. The molecule has 0 aliphatic carbocycles. The number of likely N-dealkylation sites (tertiary alicyclic amines) is 1. The highest BCUT2D eigenvalue weighted by Crippen LogP contribution is 2.29. The topological polar surface area (TPSA) is 87.2 Å². The molecule has 31 heavy (non-hydrogen) atoms. The third-order valence-electron chi connectivity index (χ3n) is 5.27. The standard InChI is InChI=1S/C23H25N5O2S/c1-15-8-10-18(11-9-15)24-20(29)22-27-26-21(31-22)17-6-4-12-28(14-17)23(30)25-19-7-3-5-16(2)13-19/h3,5,7-11,13,17H,4,6,12,14H2,1-2H3,(H,24,29)(H,25,30)/t17-/m0/s1. The molecule has 1 fully saturated rings. The highest BCUT2D eigenvalue weighted by atomic mass is 32.1. The predicted octanol–water partition coefficient (Wildman–Crippen LogP) is 4.82. The van der Waals surface area contributed by atoms with Crippen LogP contribution in [0.5, 0.6) is 0 Å². The van der Waals surface area contributed by atoms with Gasteiger partial charge in [0, 0.05) is 30.4 Å². The molecule has 3 aromatic rings. The average molecular weight is 436 g/mol. The summed E-state index contributed by atoms with van der Waals surface area (Å²) in [6.07, 6.45) is 1.80. The molecular weight excluding hydrogens is 410 g/mol. The molecule has 0 bridgehead atoms. The Balaban J connectivity index is 1.38. The number of aryl methyl sites for hydroxylation is 2. The zero-order valence-corrected chi connectivity index (χ0v) is 18.4. The molecule has 2 heterocycles. The molecule has 0 unspecified atom stereocenters. The fourth-order valence-electron chi connectivity index (χ4n) is 3.60. The molecule has 2 aromatic carbocycles. The lowest BCUT2D eigenvalue weighted by molar-refractivity contribution is 0.102. The molecule has 160 valence electrons. The van der Waals surface area contributed by atoms with Gasteiger partial charge in [-0.15, -0.1) is 10.2 Å². The number of carbonyl (C=O) groups is 2. The maximum atomic E-state index is 12.7. The van der Waals surface area contributed by atoms with Crippen molar-refractivity contribution in [1.29, 1.82) is 0 Å². The number of urea groups is 1. The van der Waals surface area contributed by atoms with E-state index in [2.05, 4.69) is 20.8 Å². The van der Waals surface area contributed by atoms with Crippen LogP contribution in [-0.4, -0.2) is 40.1 Å². The van der Waals surface area contributed by atoms with Gasteiger partial charge in [0.1, 0.15) is 5.01 Å². The Bertz CT molecular complexity index is 1080. The zero-order chi connectivity index (χ0) is 21.8. The van der Waals surface area contributed by atoms with Crippen molar-refractivity contribution < 1.29 is 9.59 Å². The van der Waals surface area contributed by atoms with Gasteiger partial charge in [0.25, 0.3) is 5.91 Å². The first-order valence-corrected chi connectivity index (χ1v) is 11.1. The molecule has 1 aromatic heterocycles. The van der Waals surface area contributed by atoms with E-state index in [0.717, 1.165) is 40.4 Å². The maximum absolute atomic E-state index is 12.7. The van der Waals surface area contributed by atoms with Crippen LogP contribution in [-0.2, 0) is 0 Å². The van der Waals surface area contributed by atoms with Gasteiger partial charge < -0.3 is 15.5 Å². The molecule has 0 spiro atoms. The van der Waals surface area contributed by atoms with Gasteiger partial charge in [-0.1, -0.05) is 41.2 Å². The van der Waals surface area contributed by atoms with Crippen molar-refractivity contribution in [3.63, 3.8) is 0 Å². The lowest BCUT2D eigenvalue weighted by atomic mass is 9.99. The summed E-state index contributed by atoms with van der Waals surface area (Å²) in [5, 5.41) is 15.3. The fourth-order valence-corrected chi connectivity index (χ4v) is 4.47. The van der Waals surface area contributed by atoms with Crippen LogP contribution in [0.15, 0.2) is 48.5 Å². The van der Waals surface area contributed by atoms with E-state index in [1.165, 1.54) is 11.3 Å². The molecule has 1 aliphatic heterocycles. The van der Waals surface area contributed by atoms with E-state index in [1.54, 1.807) is 0 Å². The number of piperidine rings is 1. The van der Waals surface area contributed by atoms with Gasteiger partial charge in [-0.05, 0) is 56.5 Å². The Kier molecular flexibility index (Phi) is 6.27. The highest BCUT2D eigenvalue weighted by Gasteiger charge is 2.28. The Hall–Kier alpha value is -3.26. The Morgan fingerprint density at radius 1 is 1.00 bits per heavy atom. The first kappa shape index (κ1) is 21.0. The number of rotatable bonds is 4. The summed E-state index contributed by atoms with van der Waals surface area (Å²) < 4.78 is 0. The van der Waals surface area contributed by atoms with Crippen LogP contribution in [0.1, 0.15) is 44.7 Å². The molecule has 1 atom stereocenters. The monoisotopic (exact) mass is 435 g/mol. The number of amides is 3. The Labute approximate surface area is 185 Å². The minimum absolute atomic E-state index is 0.0791. The third-order valence-corrected chi connectivity index (χ3v) is 6.36. The first-order chi connectivity index (χ1) is 15.0. The van der Waals surface area contributed by atoms with Crippen molar-refractivity contribution in [3.05, 3.63) is 69.7 Å². The second kappa shape index (κ2) is 9.26. The Morgan fingerprint density at radius 2 is 1.81 bits per heavy atom. The van der Waals surface area contributed by atoms with Gasteiger partial charge >= 0.3 is 6.03 Å². The van der Waals surface area contributed by atoms with Crippen LogP contribution < -0.4 is 10.6 Å². The van der Waals surface area contributed by atoms with Crippen molar-refractivity contribution in [1.82, 2.24) is 15.1 Å². The van der Waals surface area contributed by atoms with E-state index < -0.39 is 0 Å². The van der Waals surface area contributed by atoms with Crippen molar-refractivity contribution in [2.75, 3.05) is 23.7 Å². The van der Waals surface area contributed by atoms with Gasteiger partial charge in [0.2, 0.25) is 5.01 Å². The summed E-state index contributed by atoms with van der Waals surface area (Å²) in [6, 6.07) is 15.3. The Morgan fingerprint density at radius 3 is 2.58 bits per heavy atom. The second-order valence-electron chi connectivity index (χ2n) is 7.85. The number of anilines is 2. The van der Waals surface area contributed by atoms with Crippen molar-refractivity contribution >= 4 is 34.6 Å². The lowest BCUT2D eigenvalue weighted by Gasteiger charge is -2.31. The number of nitrogens with one attached hydrogen (secondary N) is 2. The van der Waals surface area contributed by atoms with Crippen molar-refractivity contribution in [2.45, 2.75) is 32.6 Å². The van der Waals surface area contributed by atoms with Crippen molar-refractivity contribution in [2.24, 2.45) is 0 Å². The number of aromatic nitrogens is 2. The average Bonchev–Trinajstić information content (AvgIpc) is 3.26. The van der Waals surface area contributed by atoms with Crippen LogP contribution in [0.4, 0.5) is 16.2 Å². The molecule has 7 nitrogen and oxygen atoms in total. The summed E-state index contributed by atoms with van der Waals surface area (Å²) in [5.41, 5.74) is 3.74. The van der Waals surface area contributed by atoms with Gasteiger partial charge in [-0.2, -0.15) is 0 Å². The highest BCUT2D eigenvalue weighted by molar-refractivity contribution is 7.13. The van der Waals surface area contributed by atoms with E-state index >= 15 is 0 Å². The van der Waals surface area contributed by atoms with Crippen LogP contribution in [0.2, 0.25) is 0 Å². The zero-order valence-electron chi connectivity index (χ0n) is 17.6. The number of carbonyl (C=O) groups excluding carboxylic acids is 2. The normalized spacial score (nSPS) is 16.1. The van der Waals surface area contributed by atoms with Gasteiger partial charge in [-0.3, -0.25) is 4.79 Å².